The summed E-state index contributed by atoms with van der Waals surface area (Å²) in [6.07, 6.45) is 5.17. The highest BCUT2D eigenvalue weighted by molar-refractivity contribution is 6.03. The number of aromatic hydroxyl groups is 1. The summed E-state index contributed by atoms with van der Waals surface area (Å²) in [6, 6.07) is 8.61. The Morgan fingerprint density at radius 3 is 2.44 bits per heavy atom. The fourth-order valence-corrected chi connectivity index (χ4v) is 6.29. The van der Waals surface area contributed by atoms with Crippen LogP contribution in [0.25, 0.3) is 0 Å². The Morgan fingerprint density at radius 1 is 0.941 bits per heavy atom. The second-order valence-corrected chi connectivity index (χ2v) is 9.79. The fraction of sp³-hybridized carbons (Fsp3) is 0.536. The molecule has 0 saturated carbocycles. The third kappa shape index (κ3) is 4.02. The molecule has 0 aromatic heterocycles. The summed E-state index contributed by atoms with van der Waals surface area (Å²) >= 11 is 0. The van der Waals surface area contributed by atoms with Crippen molar-refractivity contribution in [2.24, 2.45) is 16.8 Å². The molecule has 0 amide bonds. The molecule has 1 saturated heterocycles. The monoisotopic (exact) mass is 464 g/mol. The number of hydrogen-bond donors (Lipinski definition) is 1. The van der Waals surface area contributed by atoms with Crippen LogP contribution in [0, 0.1) is 11.8 Å². The molecule has 3 aliphatic rings. The molecule has 0 radical (unpaired) electrons. The van der Waals surface area contributed by atoms with Crippen molar-refractivity contribution < 1.29 is 19.3 Å². The molecule has 3 heterocycles. The first-order valence-corrected chi connectivity index (χ1v) is 12.5. The van der Waals surface area contributed by atoms with Crippen molar-refractivity contribution in [1.82, 2.24) is 4.90 Å². The number of nitrogens with zero attached hydrogens (tertiary/aromatic N) is 2. The number of aliphatic imine (C=N–C) groups is 1. The number of benzene rings is 2. The molecule has 1 N–H and O–H groups in total. The molecule has 2 aromatic rings. The fourth-order valence-electron chi connectivity index (χ4n) is 6.29. The summed E-state index contributed by atoms with van der Waals surface area (Å²) in [5.41, 5.74) is 6.26. The van der Waals surface area contributed by atoms with E-state index in [4.69, 9.17) is 19.2 Å². The van der Waals surface area contributed by atoms with Gasteiger partial charge in [-0.1, -0.05) is 13.3 Å². The summed E-state index contributed by atoms with van der Waals surface area (Å²) in [5.74, 6) is 3.57. The molecular formula is C28H36N2O4. The molecule has 1 fully saturated rings. The summed E-state index contributed by atoms with van der Waals surface area (Å²) in [5, 5.41) is 10.3. The zero-order valence-electron chi connectivity index (χ0n) is 20.8. The highest BCUT2D eigenvalue weighted by Crippen LogP contribution is 2.46. The van der Waals surface area contributed by atoms with Crippen molar-refractivity contribution in [2.75, 3.05) is 41.0 Å². The zero-order chi connectivity index (χ0) is 23.8. The van der Waals surface area contributed by atoms with E-state index in [1.54, 1.807) is 21.3 Å². The Bertz CT molecular complexity index is 1100. The molecule has 2 aromatic carbocycles. The van der Waals surface area contributed by atoms with Crippen LogP contribution < -0.4 is 14.2 Å². The van der Waals surface area contributed by atoms with Crippen LogP contribution in [0.4, 0.5) is 0 Å². The molecule has 3 atom stereocenters. The molecule has 6 heteroatoms. The van der Waals surface area contributed by atoms with Gasteiger partial charge in [0.1, 0.15) is 0 Å². The third-order valence-electron chi connectivity index (χ3n) is 8.15. The van der Waals surface area contributed by atoms with E-state index in [1.807, 2.05) is 12.1 Å². The second kappa shape index (κ2) is 9.49. The van der Waals surface area contributed by atoms with Crippen LogP contribution >= 0.6 is 0 Å². The Morgan fingerprint density at radius 2 is 1.71 bits per heavy atom. The smallest absolute Gasteiger partial charge is 0.161 e. The summed E-state index contributed by atoms with van der Waals surface area (Å²) in [7, 11) is 5.03. The van der Waals surface area contributed by atoms with Crippen LogP contribution in [0.3, 0.4) is 0 Å². The van der Waals surface area contributed by atoms with Crippen LogP contribution in [0.15, 0.2) is 29.3 Å². The molecule has 0 spiro atoms. The van der Waals surface area contributed by atoms with E-state index in [-0.39, 0.29) is 5.75 Å². The highest BCUT2D eigenvalue weighted by Gasteiger charge is 2.39. The number of ether oxygens (including phenoxy) is 3. The lowest BCUT2D eigenvalue weighted by Crippen LogP contribution is -2.46. The minimum Gasteiger partial charge on any atom is -0.504 e. The quantitative estimate of drug-likeness (QED) is 0.665. The lowest BCUT2D eigenvalue weighted by Gasteiger charge is -2.47. The van der Waals surface area contributed by atoms with E-state index in [9.17, 15) is 5.11 Å². The van der Waals surface area contributed by atoms with Crippen LogP contribution in [0.1, 0.15) is 54.5 Å². The van der Waals surface area contributed by atoms with Gasteiger partial charge in [0.2, 0.25) is 0 Å². The van der Waals surface area contributed by atoms with E-state index in [2.05, 4.69) is 24.0 Å². The summed E-state index contributed by atoms with van der Waals surface area (Å²) in [6.45, 7) is 5.32. The first kappa shape index (κ1) is 23.0. The van der Waals surface area contributed by atoms with Crippen molar-refractivity contribution in [3.05, 3.63) is 46.5 Å². The number of hydrogen-bond acceptors (Lipinski definition) is 6. The van der Waals surface area contributed by atoms with Gasteiger partial charge in [-0.3, -0.25) is 9.89 Å². The van der Waals surface area contributed by atoms with Crippen molar-refractivity contribution >= 4 is 5.71 Å². The average molecular weight is 465 g/mol. The molecular weight excluding hydrogens is 428 g/mol. The van der Waals surface area contributed by atoms with Crippen LogP contribution in [0.2, 0.25) is 0 Å². The maximum atomic E-state index is 10.3. The SMILES string of the molecule is CC[C@@H]1CN2CCc3cc(OC)c(OC)cc3[C@@H]2C[C@@H]1CC1=NCCc2cc(O)c(OC)cc21. The van der Waals surface area contributed by atoms with Crippen molar-refractivity contribution in [3.8, 4) is 23.0 Å². The number of piperidine rings is 1. The molecule has 6 nitrogen and oxygen atoms in total. The number of fused-ring (bicyclic) bond motifs is 4. The van der Waals surface area contributed by atoms with E-state index in [0.717, 1.165) is 62.4 Å². The number of methoxy groups -OCH3 is 3. The van der Waals surface area contributed by atoms with Gasteiger partial charge in [-0.05, 0) is 78.5 Å². The third-order valence-corrected chi connectivity index (χ3v) is 8.15. The number of rotatable bonds is 6. The predicted molar refractivity (Wildman–Crippen MR) is 134 cm³/mol. The molecule has 0 unspecified atom stereocenters. The van der Waals surface area contributed by atoms with Crippen LogP contribution in [0.5, 0.6) is 23.0 Å². The number of phenols is 1. The molecule has 182 valence electrons. The Balaban J connectivity index is 1.45. The minimum atomic E-state index is 0.213. The zero-order valence-corrected chi connectivity index (χ0v) is 20.8. The normalized spacial score (nSPS) is 23.9. The number of phenolic OH excluding ortho intramolecular Hbond substituents is 1. The summed E-state index contributed by atoms with van der Waals surface area (Å²) < 4.78 is 16.6. The Labute approximate surface area is 202 Å². The van der Waals surface area contributed by atoms with Gasteiger partial charge in [0.15, 0.2) is 23.0 Å². The van der Waals surface area contributed by atoms with E-state index in [0.29, 0.717) is 23.6 Å². The van der Waals surface area contributed by atoms with Gasteiger partial charge in [0.05, 0.1) is 21.3 Å². The lowest BCUT2D eigenvalue weighted by molar-refractivity contribution is 0.0546. The van der Waals surface area contributed by atoms with Crippen molar-refractivity contribution in [3.63, 3.8) is 0 Å². The molecule has 0 bridgehead atoms. The Hall–Kier alpha value is -2.73. The average Bonchev–Trinajstić information content (AvgIpc) is 2.87. The van der Waals surface area contributed by atoms with Crippen LogP contribution in [-0.4, -0.2) is 56.7 Å². The van der Waals surface area contributed by atoms with Gasteiger partial charge in [-0.25, -0.2) is 0 Å². The highest BCUT2D eigenvalue weighted by atomic mass is 16.5. The van der Waals surface area contributed by atoms with Crippen LogP contribution in [-0.2, 0) is 12.8 Å². The van der Waals surface area contributed by atoms with E-state index >= 15 is 0 Å². The first-order valence-electron chi connectivity index (χ1n) is 12.5. The van der Waals surface area contributed by atoms with Crippen molar-refractivity contribution in [1.29, 1.82) is 0 Å². The molecule has 3 aliphatic heterocycles. The maximum absolute atomic E-state index is 10.3. The molecule has 5 rings (SSSR count). The second-order valence-electron chi connectivity index (χ2n) is 9.79. The van der Waals surface area contributed by atoms with Gasteiger partial charge in [0.25, 0.3) is 0 Å². The van der Waals surface area contributed by atoms with Gasteiger partial charge in [-0.15, -0.1) is 0 Å². The molecule has 0 aliphatic carbocycles. The predicted octanol–water partition coefficient (Wildman–Crippen LogP) is 4.80. The Kier molecular flexibility index (Phi) is 6.43. The maximum Gasteiger partial charge on any atom is 0.161 e. The lowest BCUT2D eigenvalue weighted by atomic mass is 9.73. The van der Waals surface area contributed by atoms with Gasteiger partial charge in [-0.2, -0.15) is 0 Å². The standard InChI is InChI=1S/C28H36N2O4/c1-5-17-16-30-9-7-19-13-27(33-3)28(34-4)15-22(19)24(30)11-20(17)10-23-21-14-26(32-2)25(31)12-18(21)6-8-29-23/h12-15,17,20,24,31H,5-11,16H2,1-4H3/t17-,20+,24+/m1/s1. The van der Waals surface area contributed by atoms with E-state index < -0.39 is 0 Å². The minimum absolute atomic E-state index is 0.213. The van der Waals surface area contributed by atoms with Crippen molar-refractivity contribution in [2.45, 2.75) is 45.1 Å². The van der Waals surface area contributed by atoms with Gasteiger partial charge in [0, 0.05) is 37.0 Å². The largest absolute Gasteiger partial charge is 0.504 e. The first-order chi connectivity index (χ1) is 16.6. The van der Waals surface area contributed by atoms with E-state index in [1.165, 1.54) is 28.8 Å². The summed E-state index contributed by atoms with van der Waals surface area (Å²) in [4.78, 5) is 7.64. The molecule has 34 heavy (non-hydrogen) atoms. The topological polar surface area (TPSA) is 63.5 Å². The van der Waals surface area contributed by atoms with Gasteiger partial charge >= 0.3 is 0 Å². The van der Waals surface area contributed by atoms with Gasteiger partial charge < -0.3 is 19.3 Å².